The zero-order valence-corrected chi connectivity index (χ0v) is 69.3. The minimum atomic E-state index is 0.647. The standard InChI is InChI=1S/C14H26.C12H20.C12H22.2C11H20.2C10H18.C9H16.C8H16/c1-12-4-6-14(7-5-12)10-8-13(2,3)9-11-14;1-2-12-6-9-3-10(7-12)5-11(4-9)8-12;1-11-5-9-12(10-6-11)7-3-2-4-8-12;1-8-9-4-6-10(7-5-9)11(8,2)3;1-10-4-8-11(9-5-10)6-2-3-7-11;1-8-7-9-3-5-10(8,2)6-4-9;1-7-8(2)10-5-3-9(7)4-6-10;1-7-6-8-2-4-9(7)5-3-8;1-3-8(2)6-4-5-7-8/h12H,4-11H2,1-3H3;9-11H,2-8H2,1H3;11H,2-10H2,1H3;8-10H,4-7H2,1-3H3;10H,2-9H2,1H3;8-9H,3-7H2,1-2H3;7-10H,3-6H2,1-2H3;7-9H,2-6H2,1H3;3-7H2,1-2H3/t;;;8-,9?,10?;;8-,9?,10?;7-,8?,9?,10?;7-,8?,9?;/m...1.000./s1. The van der Waals surface area contributed by atoms with Crippen LogP contribution < -0.4 is 0 Å². The van der Waals surface area contributed by atoms with Crippen LogP contribution in [0.5, 0.6) is 0 Å². The largest absolute Gasteiger partial charge is 0.0649 e. The summed E-state index contributed by atoms with van der Waals surface area (Å²) in [6.45, 7) is 39.1. The number of hydrogen-bond acceptors (Lipinski definition) is 0. The second kappa shape index (κ2) is 35.1. The van der Waals surface area contributed by atoms with Crippen molar-refractivity contribution in [3.8, 4) is 0 Å². The monoisotopic (exact) mass is 1340 g/mol. The molecule has 23 fully saturated rings. The Morgan fingerprint density at radius 2 is 0.660 bits per heavy atom. The van der Waals surface area contributed by atoms with Crippen molar-refractivity contribution in [2.75, 3.05) is 0 Å². The maximum absolute atomic E-state index is 2.49. The summed E-state index contributed by atoms with van der Waals surface area (Å²) in [5, 5.41) is 0. The topological polar surface area (TPSA) is 0 Å². The molecule has 0 aromatic rings. The van der Waals surface area contributed by atoms with E-state index in [0.29, 0.717) is 10.8 Å². The van der Waals surface area contributed by atoms with Crippen molar-refractivity contribution in [3.63, 3.8) is 0 Å². The van der Waals surface area contributed by atoms with E-state index >= 15 is 0 Å². The Labute approximate surface area is 610 Å². The van der Waals surface area contributed by atoms with Gasteiger partial charge in [-0.05, 0) is 394 Å². The fourth-order valence-corrected chi connectivity index (χ4v) is 27.8. The van der Waals surface area contributed by atoms with Crippen molar-refractivity contribution >= 4 is 0 Å². The molecule has 0 amide bonds. The summed E-state index contributed by atoms with van der Waals surface area (Å²) in [4.78, 5) is 0. The van der Waals surface area contributed by atoms with Gasteiger partial charge in [-0.3, -0.25) is 0 Å². The SMILES string of the molecule is CC1C2CCC(CC2)[C@H]1C.CC1CCC2(CC1)CCC(C)(C)CC2.CC1CCC2(CCCC2)CC1.CC1CCC2(CCCCC2)CC1.CCC1(C)CCCC1.CCC12CC3CC(CC(C3)C1)C2.C[C@@H]1C2CCC(CC2)C1(C)C.C[C@H]1CC2CCC1(C)CC2.C[C@H]1CC2CCC1CC2. The quantitative estimate of drug-likeness (QED) is 0.259. The summed E-state index contributed by atoms with van der Waals surface area (Å²) in [5.74, 6) is 19.3. The Balaban J connectivity index is 0.000000119. The molecule has 23 aliphatic rings. The molecule has 0 N–H and O–H groups in total. The van der Waals surface area contributed by atoms with Gasteiger partial charge in [0, 0.05) is 0 Å². The molecule has 0 saturated heterocycles. The van der Waals surface area contributed by atoms with E-state index < -0.39 is 0 Å². The molecule has 0 heterocycles. The third kappa shape index (κ3) is 21.4. The lowest BCUT2D eigenvalue weighted by Gasteiger charge is -2.56. The molecule has 0 aliphatic heterocycles. The Morgan fingerprint density at radius 3 is 0.948 bits per heavy atom. The first-order chi connectivity index (χ1) is 46.2. The van der Waals surface area contributed by atoms with Gasteiger partial charge in [0.2, 0.25) is 0 Å². The van der Waals surface area contributed by atoms with E-state index in [-0.39, 0.29) is 0 Å². The minimum Gasteiger partial charge on any atom is -0.0649 e. The molecular formula is C97H176. The molecule has 23 saturated carbocycles. The van der Waals surface area contributed by atoms with Gasteiger partial charge in [-0.1, -0.05) is 220 Å². The molecule has 0 heteroatoms. The summed E-state index contributed by atoms with van der Waals surface area (Å²) in [6, 6.07) is 0. The minimum absolute atomic E-state index is 0.647. The Morgan fingerprint density at radius 1 is 0.289 bits per heavy atom. The zero-order valence-electron chi connectivity index (χ0n) is 69.3. The molecule has 23 rings (SSSR count). The van der Waals surface area contributed by atoms with Gasteiger partial charge >= 0.3 is 0 Å². The molecule has 23 aliphatic carbocycles. The van der Waals surface area contributed by atoms with Gasteiger partial charge in [0.05, 0.1) is 0 Å². The number of fused-ring (bicyclic) bond motifs is 12. The molecule has 0 aromatic carbocycles. The molecule has 564 valence electrons. The summed E-state index contributed by atoms with van der Waals surface area (Å²) in [6.07, 6.45) is 84.0. The molecule has 12 bridgehead atoms. The average Bonchev–Trinajstić information content (AvgIpc) is 0.951. The van der Waals surface area contributed by atoms with Gasteiger partial charge < -0.3 is 0 Å². The van der Waals surface area contributed by atoms with E-state index in [2.05, 4.69) is 111 Å². The summed E-state index contributed by atoms with van der Waals surface area (Å²) in [5.41, 5.74) is 6.11. The highest BCUT2D eigenvalue weighted by atomic mass is 14.6. The van der Waals surface area contributed by atoms with Crippen molar-refractivity contribution in [3.05, 3.63) is 0 Å². The van der Waals surface area contributed by atoms with E-state index in [0.717, 1.165) is 139 Å². The van der Waals surface area contributed by atoms with Crippen LogP contribution in [0.25, 0.3) is 0 Å². The van der Waals surface area contributed by atoms with Gasteiger partial charge in [0.1, 0.15) is 0 Å². The molecule has 0 radical (unpaired) electrons. The first-order valence-electron chi connectivity index (χ1n) is 46.2. The second-order valence-corrected chi connectivity index (χ2v) is 44.5. The third-order valence-electron chi connectivity index (χ3n) is 37.2. The van der Waals surface area contributed by atoms with Crippen LogP contribution in [0.3, 0.4) is 0 Å². The highest BCUT2D eigenvalue weighted by Gasteiger charge is 2.51. The van der Waals surface area contributed by atoms with Crippen LogP contribution in [0.4, 0.5) is 0 Å². The Kier molecular flexibility index (Phi) is 28.8. The van der Waals surface area contributed by atoms with E-state index in [4.69, 9.17) is 0 Å². The van der Waals surface area contributed by atoms with Crippen molar-refractivity contribution in [2.24, 2.45) is 150 Å². The molecule has 1 unspecified atom stereocenters. The summed E-state index contributed by atoms with van der Waals surface area (Å²) >= 11 is 0. The van der Waals surface area contributed by atoms with Crippen molar-refractivity contribution in [2.45, 2.75) is 464 Å². The lowest BCUT2D eigenvalue weighted by atomic mass is 9.49. The maximum Gasteiger partial charge on any atom is -0.0292 e. The number of hydrogen-bond donors (Lipinski definition) is 0. The maximum atomic E-state index is 2.49. The van der Waals surface area contributed by atoms with Gasteiger partial charge in [-0.25, -0.2) is 0 Å². The summed E-state index contributed by atoms with van der Waals surface area (Å²) in [7, 11) is 0. The molecule has 5 atom stereocenters. The molecule has 0 aromatic heterocycles. The smallest absolute Gasteiger partial charge is 0.0292 e. The molecule has 0 nitrogen and oxygen atoms in total. The Hall–Kier alpha value is 0. The zero-order chi connectivity index (χ0) is 69.3. The fourth-order valence-electron chi connectivity index (χ4n) is 27.8. The van der Waals surface area contributed by atoms with Crippen molar-refractivity contribution in [1.29, 1.82) is 0 Å². The van der Waals surface area contributed by atoms with Crippen LogP contribution in [0, 0.1) is 150 Å². The van der Waals surface area contributed by atoms with Crippen LogP contribution in [0.2, 0.25) is 0 Å². The lowest BCUT2D eigenvalue weighted by Crippen LogP contribution is -2.45. The van der Waals surface area contributed by atoms with E-state index in [1.165, 1.54) is 231 Å². The van der Waals surface area contributed by atoms with E-state index in [9.17, 15) is 0 Å². The van der Waals surface area contributed by atoms with Crippen LogP contribution in [0.1, 0.15) is 464 Å². The normalized spacial score (nSPS) is 42.7. The van der Waals surface area contributed by atoms with Crippen molar-refractivity contribution < 1.29 is 0 Å². The van der Waals surface area contributed by atoms with Crippen LogP contribution in [-0.2, 0) is 0 Å². The predicted octanol–water partition coefficient (Wildman–Crippen LogP) is 31.9. The van der Waals surface area contributed by atoms with Gasteiger partial charge in [0.15, 0.2) is 0 Å². The van der Waals surface area contributed by atoms with Crippen LogP contribution in [-0.4, -0.2) is 0 Å². The van der Waals surface area contributed by atoms with Crippen molar-refractivity contribution in [1.82, 2.24) is 0 Å². The van der Waals surface area contributed by atoms with Crippen LogP contribution in [0.15, 0.2) is 0 Å². The lowest BCUT2D eigenvalue weighted by molar-refractivity contribution is -0.0545. The first-order valence-corrected chi connectivity index (χ1v) is 46.2. The molecular weight excluding hydrogens is 1170 g/mol. The van der Waals surface area contributed by atoms with Gasteiger partial charge in [0.25, 0.3) is 0 Å². The van der Waals surface area contributed by atoms with Gasteiger partial charge in [-0.2, -0.15) is 0 Å². The average molecular weight is 1340 g/mol. The molecule has 3 spiro atoms. The summed E-state index contributed by atoms with van der Waals surface area (Å²) < 4.78 is 0. The Bertz CT molecular complexity index is 2120. The highest BCUT2D eigenvalue weighted by molar-refractivity contribution is 5.02. The third-order valence-corrected chi connectivity index (χ3v) is 37.2. The second-order valence-electron chi connectivity index (χ2n) is 44.5. The van der Waals surface area contributed by atoms with E-state index in [1.807, 2.05) is 0 Å². The first kappa shape index (κ1) is 79.6. The van der Waals surface area contributed by atoms with E-state index in [1.54, 1.807) is 122 Å². The molecule has 97 heavy (non-hydrogen) atoms. The predicted molar refractivity (Wildman–Crippen MR) is 427 cm³/mol. The highest BCUT2D eigenvalue weighted by Crippen LogP contribution is 2.62. The number of rotatable bonds is 2. The van der Waals surface area contributed by atoms with Crippen LogP contribution >= 0.6 is 0 Å². The van der Waals surface area contributed by atoms with Gasteiger partial charge in [-0.15, -0.1) is 0 Å². The fraction of sp³-hybridized carbons (Fsp3) is 1.00.